The van der Waals surface area contributed by atoms with Crippen LogP contribution in [0.15, 0.2) is 47.4 Å². The molecule has 3 rings (SSSR count). The number of carbonyl (C=O) groups is 2. The average molecular weight is 288 g/mol. The first-order chi connectivity index (χ1) is 9.39. The van der Waals surface area contributed by atoms with E-state index in [0.717, 1.165) is 6.07 Å². The van der Waals surface area contributed by atoms with Crippen LogP contribution in [-0.2, 0) is 10.1 Å². The van der Waals surface area contributed by atoms with Crippen molar-refractivity contribution in [3.63, 3.8) is 0 Å². The number of ketones is 2. The summed E-state index contributed by atoms with van der Waals surface area (Å²) in [5.74, 6) is -1.30. The van der Waals surface area contributed by atoms with E-state index in [-0.39, 0.29) is 16.0 Å². The molecule has 1 N–H and O–H groups in total. The minimum atomic E-state index is -4.37. The van der Waals surface area contributed by atoms with Crippen LogP contribution in [0.3, 0.4) is 0 Å². The number of benzene rings is 2. The first-order valence-electron chi connectivity index (χ1n) is 5.69. The van der Waals surface area contributed by atoms with Crippen LogP contribution in [0.2, 0.25) is 0 Å². The fraction of sp³-hybridized carbons (Fsp3) is 0. The molecule has 1 aliphatic carbocycles. The van der Waals surface area contributed by atoms with E-state index in [1.54, 1.807) is 18.2 Å². The van der Waals surface area contributed by atoms with Gasteiger partial charge in [-0.2, -0.15) is 8.42 Å². The molecule has 2 aromatic rings. The smallest absolute Gasteiger partial charge is 0.285 e. The van der Waals surface area contributed by atoms with Crippen LogP contribution in [-0.4, -0.2) is 24.5 Å². The van der Waals surface area contributed by atoms with E-state index in [1.165, 1.54) is 18.2 Å². The van der Waals surface area contributed by atoms with Gasteiger partial charge in [0.05, 0.1) is 4.90 Å². The van der Waals surface area contributed by atoms with Crippen molar-refractivity contribution in [3.05, 3.63) is 53.6 Å². The van der Waals surface area contributed by atoms with Crippen molar-refractivity contribution in [1.82, 2.24) is 0 Å². The molecule has 0 bridgehead atoms. The van der Waals surface area contributed by atoms with E-state index in [1.807, 2.05) is 0 Å². The Hall–Kier alpha value is -2.31. The molecule has 0 fully saturated rings. The summed E-state index contributed by atoms with van der Waals surface area (Å²) in [6.45, 7) is 0. The predicted molar refractivity (Wildman–Crippen MR) is 70.4 cm³/mol. The van der Waals surface area contributed by atoms with Gasteiger partial charge in [-0.15, -0.1) is 0 Å². The zero-order valence-corrected chi connectivity index (χ0v) is 10.8. The molecule has 0 spiro atoms. The first kappa shape index (κ1) is 12.7. The Morgan fingerprint density at radius 1 is 0.750 bits per heavy atom. The highest BCUT2D eigenvalue weighted by atomic mass is 32.2. The average Bonchev–Trinajstić information content (AvgIpc) is 2.43. The molecule has 0 heterocycles. The van der Waals surface area contributed by atoms with Crippen LogP contribution in [0.25, 0.3) is 11.1 Å². The SMILES string of the molecule is O=C1C(=O)c2ccc(S(=O)(=O)O)cc2-c2ccccc21. The zero-order valence-electron chi connectivity index (χ0n) is 10.0. The monoisotopic (exact) mass is 288 g/mol. The van der Waals surface area contributed by atoms with Crippen LogP contribution >= 0.6 is 0 Å². The molecule has 0 atom stereocenters. The maximum absolute atomic E-state index is 12.0. The predicted octanol–water partition coefficient (Wildman–Crippen LogP) is 1.98. The summed E-state index contributed by atoms with van der Waals surface area (Å²) in [7, 11) is -4.37. The number of carbonyl (C=O) groups excluding carboxylic acids is 2. The van der Waals surface area contributed by atoms with Gasteiger partial charge in [-0.1, -0.05) is 24.3 Å². The summed E-state index contributed by atoms with van der Waals surface area (Å²) >= 11 is 0. The van der Waals surface area contributed by atoms with E-state index < -0.39 is 21.7 Å². The third-order valence-electron chi connectivity index (χ3n) is 3.20. The number of hydrogen-bond donors (Lipinski definition) is 1. The number of rotatable bonds is 1. The second-order valence-electron chi connectivity index (χ2n) is 4.39. The Kier molecular flexibility index (Phi) is 2.60. The van der Waals surface area contributed by atoms with Gasteiger partial charge in [0.1, 0.15) is 0 Å². The topological polar surface area (TPSA) is 88.5 Å². The minimum Gasteiger partial charge on any atom is -0.285 e. The fourth-order valence-electron chi connectivity index (χ4n) is 2.27. The molecule has 0 unspecified atom stereocenters. The summed E-state index contributed by atoms with van der Waals surface area (Å²) in [5.41, 5.74) is 1.19. The van der Waals surface area contributed by atoms with Gasteiger partial charge in [-0.3, -0.25) is 14.1 Å². The van der Waals surface area contributed by atoms with Crippen molar-refractivity contribution in [2.45, 2.75) is 4.90 Å². The highest BCUT2D eigenvalue weighted by Crippen LogP contribution is 2.34. The van der Waals surface area contributed by atoms with Crippen molar-refractivity contribution in [3.8, 4) is 11.1 Å². The van der Waals surface area contributed by atoms with Gasteiger partial charge in [0.25, 0.3) is 10.1 Å². The molecule has 6 heteroatoms. The molecule has 0 saturated heterocycles. The Bertz CT molecular complexity index is 865. The van der Waals surface area contributed by atoms with Crippen LogP contribution in [0, 0.1) is 0 Å². The Morgan fingerprint density at radius 2 is 1.30 bits per heavy atom. The summed E-state index contributed by atoms with van der Waals surface area (Å²) < 4.78 is 31.4. The standard InChI is InChI=1S/C14H8O5S/c15-13-10-4-2-1-3-9(10)12-7-8(20(17,18)19)5-6-11(12)14(13)16/h1-7H,(H,17,18,19). The van der Waals surface area contributed by atoms with E-state index in [2.05, 4.69) is 0 Å². The third kappa shape index (κ3) is 1.77. The lowest BCUT2D eigenvalue weighted by Crippen LogP contribution is -2.21. The second kappa shape index (κ2) is 4.09. The molecule has 100 valence electrons. The van der Waals surface area contributed by atoms with Gasteiger partial charge >= 0.3 is 0 Å². The van der Waals surface area contributed by atoms with E-state index in [9.17, 15) is 18.0 Å². The third-order valence-corrected chi connectivity index (χ3v) is 4.05. The Morgan fingerprint density at radius 3 is 1.90 bits per heavy atom. The van der Waals surface area contributed by atoms with Crippen LogP contribution in [0.4, 0.5) is 0 Å². The Balaban J connectivity index is 2.37. The molecule has 0 aliphatic heterocycles. The number of fused-ring (bicyclic) bond motifs is 3. The molecule has 2 aromatic carbocycles. The zero-order chi connectivity index (χ0) is 14.5. The van der Waals surface area contributed by atoms with Gasteiger partial charge in [0.2, 0.25) is 11.6 Å². The molecule has 0 saturated carbocycles. The second-order valence-corrected chi connectivity index (χ2v) is 5.81. The molecule has 5 nitrogen and oxygen atoms in total. The van der Waals surface area contributed by atoms with Crippen LogP contribution in [0.5, 0.6) is 0 Å². The van der Waals surface area contributed by atoms with Gasteiger partial charge in [0, 0.05) is 11.1 Å². The fourth-order valence-corrected chi connectivity index (χ4v) is 2.77. The molecule has 20 heavy (non-hydrogen) atoms. The van der Waals surface area contributed by atoms with E-state index >= 15 is 0 Å². The highest BCUT2D eigenvalue weighted by molar-refractivity contribution is 7.85. The summed E-state index contributed by atoms with van der Waals surface area (Å²) in [4.78, 5) is 23.6. The minimum absolute atomic E-state index is 0.140. The van der Waals surface area contributed by atoms with Gasteiger partial charge in [0.15, 0.2) is 0 Å². The number of Topliss-reactive ketones (excluding diaryl/α,β-unsaturated/α-hetero) is 2. The molecule has 0 aromatic heterocycles. The van der Waals surface area contributed by atoms with Crippen molar-refractivity contribution in [2.75, 3.05) is 0 Å². The van der Waals surface area contributed by atoms with Gasteiger partial charge in [-0.05, 0) is 29.3 Å². The molecular formula is C14H8O5S. The number of hydrogen-bond acceptors (Lipinski definition) is 4. The first-order valence-corrected chi connectivity index (χ1v) is 7.13. The van der Waals surface area contributed by atoms with Crippen molar-refractivity contribution >= 4 is 21.7 Å². The summed E-state index contributed by atoms with van der Waals surface area (Å²) in [5, 5.41) is 0. The van der Waals surface area contributed by atoms with Crippen molar-refractivity contribution in [2.24, 2.45) is 0 Å². The Labute approximate surface area is 114 Å². The molecule has 0 radical (unpaired) electrons. The normalized spacial score (nSPS) is 13.8. The van der Waals surface area contributed by atoms with E-state index in [4.69, 9.17) is 4.55 Å². The maximum Gasteiger partial charge on any atom is 0.294 e. The lowest BCUT2D eigenvalue weighted by atomic mass is 9.84. The van der Waals surface area contributed by atoms with Crippen molar-refractivity contribution in [1.29, 1.82) is 0 Å². The lowest BCUT2D eigenvalue weighted by Gasteiger charge is -2.18. The van der Waals surface area contributed by atoms with Crippen LogP contribution in [0.1, 0.15) is 20.7 Å². The summed E-state index contributed by atoms with van der Waals surface area (Å²) in [6.07, 6.45) is 0. The molecular weight excluding hydrogens is 280 g/mol. The van der Waals surface area contributed by atoms with Gasteiger partial charge < -0.3 is 0 Å². The van der Waals surface area contributed by atoms with Crippen molar-refractivity contribution < 1.29 is 22.6 Å². The maximum atomic E-state index is 12.0. The quantitative estimate of drug-likeness (QED) is 0.640. The van der Waals surface area contributed by atoms with Crippen LogP contribution < -0.4 is 0 Å². The summed E-state index contributed by atoms with van der Waals surface area (Å²) in [6, 6.07) is 10.0. The molecule has 0 amide bonds. The highest BCUT2D eigenvalue weighted by Gasteiger charge is 2.30. The van der Waals surface area contributed by atoms with E-state index in [0.29, 0.717) is 11.1 Å². The lowest BCUT2D eigenvalue weighted by molar-refractivity contribution is 0.0815. The largest absolute Gasteiger partial charge is 0.294 e. The van der Waals surface area contributed by atoms with Gasteiger partial charge in [-0.25, -0.2) is 0 Å². The molecule has 1 aliphatic rings.